The van der Waals surface area contributed by atoms with Gasteiger partial charge in [-0.15, -0.1) is 0 Å². The van der Waals surface area contributed by atoms with E-state index in [1.807, 2.05) is 0 Å². The second-order valence-electron chi connectivity index (χ2n) is 15.3. The summed E-state index contributed by atoms with van der Waals surface area (Å²) in [4.78, 5) is 0. The predicted molar refractivity (Wildman–Crippen MR) is 241 cm³/mol. The minimum absolute atomic E-state index is 0.841. The summed E-state index contributed by atoms with van der Waals surface area (Å²) in [5, 5.41) is 9.07. The third-order valence-corrected chi connectivity index (χ3v) is 12.1. The summed E-state index contributed by atoms with van der Waals surface area (Å²) in [5.74, 6) is 0. The normalized spacial score (nSPS) is 12.1. The van der Waals surface area contributed by atoms with Gasteiger partial charge in [0.15, 0.2) is 5.58 Å². The summed E-state index contributed by atoms with van der Waals surface area (Å²) in [6, 6.07) is 69.4. The van der Waals surface area contributed by atoms with Crippen LogP contribution in [-0.4, -0.2) is 9.13 Å². The lowest BCUT2D eigenvalue weighted by Crippen LogP contribution is -1.93. The van der Waals surface area contributed by atoms with Crippen LogP contribution in [0.25, 0.3) is 121 Å². The summed E-state index contributed by atoms with van der Waals surface area (Å²) in [6.45, 7) is 0. The molecule has 0 fully saturated rings. The smallest absolute Gasteiger partial charge is 0.159 e. The van der Waals surface area contributed by atoms with Gasteiger partial charge in [-0.3, -0.25) is 0 Å². The lowest BCUT2D eigenvalue weighted by molar-refractivity contribution is 0.663. The first kappa shape index (κ1) is 31.4. The van der Waals surface area contributed by atoms with Crippen LogP contribution in [-0.2, 0) is 0 Å². The zero-order valence-corrected chi connectivity index (χ0v) is 31.2. The van der Waals surface area contributed by atoms with Gasteiger partial charge in [-0.2, -0.15) is 0 Å². The van der Waals surface area contributed by atoms with Gasteiger partial charge in [0.05, 0.1) is 27.8 Å². The van der Waals surface area contributed by atoms with E-state index >= 15 is 0 Å². The lowest BCUT2D eigenvalue weighted by atomic mass is 9.99. The average Bonchev–Trinajstić information content (AvgIpc) is 4.03. The van der Waals surface area contributed by atoms with Crippen molar-refractivity contribution < 1.29 is 8.83 Å². The van der Waals surface area contributed by atoms with E-state index in [4.69, 9.17) is 8.83 Å². The van der Waals surface area contributed by atoms with Crippen LogP contribution in [0.3, 0.4) is 0 Å². The zero-order valence-electron chi connectivity index (χ0n) is 31.2. The van der Waals surface area contributed by atoms with Gasteiger partial charge in [-0.05, 0) is 83.4 Å². The molecule has 0 aliphatic heterocycles. The van der Waals surface area contributed by atoms with Crippen molar-refractivity contribution in [2.24, 2.45) is 0 Å². The summed E-state index contributed by atoms with van der Waals surface area (Å²) in [5.41, 5.74) is 14.8. The van der Waals surface area contributed by atoms with Crippen molar-refractivity contribution in [1.29, 1.82) is 0 Å². The molecule has 0 saturated heterocycles. The Bertz CT molecular complexity index is 3730. The highest BCUT2D eigenvalue weighted by Gasteiger charge is 2.21. The number of hydrogen-bond acceptors (Lipinski definition) is 2. The molecule has 0 saturated carbocycles. The second-order valence-corrected chi connectivity index (χ2v) is 15.3. The van der Waals surface area contributed by atoms with Crippen LogP contribution in [0.4, 0.5) is 0 Å². The Labute approximate surface area is 332 Å². The Balaban J connectivity index is 0.999. The molecule has 4 heteroatoms. The average molecular weight is 741 g/mol. The Kier molecular flexibility index (Phi) is 6.41. The predicted octanol–water partition coefficient (Wildman–Crippen LogP) is 15.0. The molecule has 0 radical (unpaired) electrons. The molecule has 0 atom stereocenters. The van der Waals surface area contributed by atoms with E-state index in [0.717, 1.165) is 77.4 Å². The van der Waals surface area contributed by atoms with Gasteiger partial charge in [-0.1, -0.05) is 127 Å². The molecule has 0 aliphatic rings. The lowest BCUT2D eigenvalue weighted by Gasteiger charge is -2.08. The fraction of sp³-hybridized carbons (Fsp3) is 0. The first-order valence-corrected chi connectivity index (χ1v) is 19.8. The highest BCUT2D eigenvalue weighted by molar-refractivity contribution is 6.19. The van der Waals surface area contributed by atoms with E-state index in [1.54, 1.807) is 0 Å². The molecule has 4 heterocycles. The van der Waals surface area contributed by atoms with Gasteiger partial charge < -0.3 is 18.0 Å². The van der Waals surface area contributed by atoms with Gasteiger partial charge in [0.1, 0.15) is 16.7 Å². The number of hydrogen-bond donors (Lipinski definition) is 0. The third kappa shape index (κ3) is 4.40. The van der Waals surface area contributed by atoms with Crippen LogP contribution >= 0.6 is 0 Å². The van der Waals surface area contributed by atoms with E-state index < -0.39 is 0 Å². The van der Waals surface area contributed by atoms with Crippen LogP contribution in [0.1, 0.15) is 0 Å². The van der Waals surface area contributed by atoms with Crippen LogP contribution in [0.15, 0.2) is 203 Å². The van der Waals surface area contributed by atoms with Crippen molar-refractivity contribution in [3.63, 3.8) is 0 Å². The van der Waals surface area contributed by atoms with Crippen molar-refractivity contribution in [2.75, 3.05) is 0 Å². The van der Waals surface area contributed by atoms with Gasteiger partial charge in [0.2, 0.25) is 0 Å². The van der Waals surface area contributed by atoms with Gasteiger partial charge in [0, 0.05) is 54.3 Å². The van der Waals surface area contributed by atoms with Crippen molar-refractivity contribution >= 4 is 87.5 Å². The first-order valence-electron chi connectivity index (χ1n) is 19.8. The molecule has 0 aliphatic carbocycles. The largest absolute Gasteiger partial charge is 0.455 e. The van der Waals surface area contributed by atoms with Crippen LogP contribution < -0.4 is 0 Å². The number of benzene rings is 9. The Morgan fingerprint density at radius 1 is 0.293 bits per heavy atom. The number of furan rings is 2. The number of aromatic nitrogens is 2. The highest BCUT2D eigenvalue weighted by atomic mass is 16.3. The fourth-order valence-electron chi connectivity index (χ4n) is 9.51. The van der Waals surface area contributed by atoms with Crippen LogP contribution in [0.2, 0.25) is 0 Å². The van der Waals surface area contributed by atoms with E-state index in [0.29, 0.717) is 0 Å². The number of rotatable bonds is 4. The molecule has 0 spiro atoms. The quantitative estimate of drug-likeness (QED) is 0.180. The standard InChI is InChI=1S/C54H32N2O2/c1-3-13-33(14-4-1)34-25-27-48-42(29-34)43-30-35(26-28-49(43)55(48)36-15-5-2-6-16-36)37-19-11-20-40-44-31-52-45(32-51(44)57-53(37)40)41-21-12-24-50(54(41)58-52)56-46-22-9-7-17-38(46)39-18-8-10-23-47(39)56/h1-32H. The van der Waals surface area contributed by atoms with Gasteiger partial charge in [-0.25, -0.2) is 0 Å². The van der Waals surface area contributed by atoms with E-state index in [2.05, 4.69) is 203 Å². The summed E-state index contributed by atoms with van der Waals surface area (Å²) < 4.78 is 18.4. The molecule has 270 valence electrons. The van der Waals surface area contributed by atoms with Crippen molar-refractivity contribution in [3.8, 4) is 33.6 Å². The fourth-order valence-corrected chi connectivity index (χ4v) is 9.51. The van der Waals surface area contributed by atoms with Crippen molar-refractivity contribution in [3.05, 3.63) is 194 Å². The Hall–Kier alpha value is -7.82. The summed E-state index contributed by atoms with van der Waals surface area (Å²) >= 11 is 0. The molecule has 13 rings (SSSR count). The summed E-state index contributed by atoms with van der Waals surface area (Å²) in [6.07, 6.45) is 0. The van der Waals surface area contributed by atoms with Crippen molar-refractivity contribution in [2.45, 2.75) is 0 Å². The molecule has 13 aromatic rings. The van der Waals surface area contributed by atoms with E-state index in [9.17, 15) is 0 Å². The minimum atomic E-state index is 0.841. The van der Waals surface area contributed by atoms with Gasteiger partial charge in [0.25, 0.3) is 0 Å². The van der Waals surface area contributed by atoms with Gasteiger partial charge >= 0.3 is 0 Å². The molecular weight excluding hydrogens is 709 g/mol. The van der Waals surface area contributed by atoms with Crippen LogP contribution in [0.5, 0.6) is 0 Å². The molecule has 0 bridgehead atoms. The van der Waals surface area contributed by atoms with E-state index in [1.165, 1.54) is 43.7 Å². The SMILES string of the molecule is c1ccc(-c2ccc3c(c2)c2cc(-c4cccc5c4oc4cc6c(cc45)oc4c(-n5c7ccccc7c7ccccc75)cccc46)ccc2n3-c2ccccc2)cc1. The molecular formula is C54H32N2O2. The third-order valence-electron chi connectivity index (χ3n) is 12.1. The maximum Gasteiger partial charge on any atom is 0.159 e. The number of para-hydroxylation sites is 5. The maximum atomic E-state index is 6.88. The van der Waals surface area contributed by atoms with Crippen LogP contribution in [0, 0.1) is 0 Å². The molecule has 9 aromatic carbocycles. The molecule has 58 heavy (non-hydrogen) atoms. The molecule has 0 amide bonds. The Morgan fingerprint density at radius 3 is 1.50 bits per heavy atom. The topological polar surface area (TPSA) is 36.1 Å². The molecule has 4 nitrogen and oxygen atoms in total. The highest BCUT2D eigenvalue weighted by Crippen LogP contribution is 2.44. The number of fused-ring (bicyclic) bond motifs is 12. The second kappa shape index (κ2) is 11.8. The monoisotopic (exact) mass is 740 g/mol. The molecule has 0 N–H and O–H groups in total. The van der Waals surface area contributed by atoms with E-state index in [-0.39, 0.29) is 0 Å². The first-order chi connectivity index (χ1) is 28.8. The molecule has 4 aromatic heterocycles. The molecule has 0 unspecified atom stereocenters. The number of nitrogens with zero attached hydrogens (tertiary/aromatic N) is 2. The maximum absolute atomic E-state index is 6.88. The Morgan fingerprint density at radius 2 is 0.810 bits per heavy atom. The summed E-state index contributed by atoms with van der Waals surface area (Å²) in [7, 11) is 0. The minimum Gasteiger partial charge on any atom is -0.455 e. The zero-order chi connectivity index (χ0) is 37.9. The van der Waals surface area contributed by atoms with Crippen molar-refractivity contribution in [1.82, 2.24) is 9.13 Å².